The zero-order chi connectivity index (χ0) is 28.0. The van der Waals surface area contributed by atoms with Gasteiger partial charge in [-0.05, 0) is 46.5 Å². The monoisotopic (exact) mass is 528 g/mol. The summed E-state index contributed by atoms with van der Waals surface area (Å²) < 4.78 is 0. The van der Waals surface area contributed by atoms with Crippen molar-refractivity contribution in [1.82, 2.24) is 15.5 Å². The fraction of sp³-hybridized carbons (Fsp3) is 0.423. The van der Waals surface area contributed by atoms with E-state index in [0.29, 0.717) is 22.3 Å². The highest BCUT2D eigenvalue weighted by Crippen LogP contribution is 2.31. The van der Waals surface area contributed by atoms with Crippen molar-refractivity contribution in [1.29, 1.82) is 0 Å². The van der Waals surface area contributed by atoms with Gasteiger partial charge in [0.15, 0.2) is 0 Å². The molecule has 0 unspecified atom stereocenters. The second kappa shape index (κ2) is 12.7. The Morgan fingerprint density at radius 1 is 1.08 bits per heavy atom. The van der Waals surface area contributed by atoms with Crippen LogP contribution in [-0.2, 0) is 27.2 Å². The number of fused-ring (bicyclic) bond motifs is 5. The molecule has 3 amide bonds. The Morgan fingerprint density at radius 3 is 2.21 bits per heavy atom. The van der Waals surface area contributed by atoms with E-state index in [1.165, 1.54) is 24.1 Å². The van der Waals surface area contributed by atoms with Crippen LogP contribution in [0.5, 0.6) is 11.5 Å². The Kier molecular flexibility index (Phi) is 9.64. The van der Waals surface area contributed by atoms with Gasteiger partial charge in [-0.1, -0.05) is 12.1 Å². The summed E-state index contributed by atoms with van der Waals surface area (Å²) in [6.07, 6.45) is -1.40. The Balaban J connectivity index is 2.15. The lowest BCUT2D eigenvalue weighted by molar-refractivity contribution is -0.142. The highest BCUT2D eigenvalue weighted by atomic mass is 16.3. The van der Waals surface area contributed by atoms with Crippen molar-refractivity contribution in [2.24, 2.45) is 17.2 Å². The molecule has 1 aliphatic rings. The number of aliphatic hydroxyl groups excluding tert-OH is 1. The van der Waals surface area contributed by atoms with Gasteiger partial charge in [0.1, 0.15) is 23.6 Å². The van der Waals surface area contributed by atoms with E-state index in [0.717, 1.165) is 0 Å². The van der Waals surface area contributed by atoms with Crippen molar-refractivity contribution < 1.29 is 29.7 Å². The number of benzene rings is 2. The lowest BCUT2D eigenvalue weighted by Crippen LogP contribution is -2.58. The zero-order valence-corrected chi connectivity index (χ0v) is 21.3. The van der Waals surface area contributed by atoms with Crippen molar-refractivity contribution in [3.05, 3.63) is 47.5 Å². The van der Waals surface area contributed by atoms with Crippen LogP contribution in [0.25, 0.3) is 11.1 Å². The van der Waals surface area contributed by atoms with Crippen LogP contribution >= 0.6 is 0 Å². The SMILES string of the molecule is CN1C(=O)[C@H](C[C@H](O)CN)NC(=O)[C@H](N)Cc2cc(ccc2O)-c2ccc(O)c(c2)C[C@H]1C(=O)NCCN. The summed E-state index contributed by atoms with van der Waals surface area (Å²) >= 11 is 0. The maximum absolute atomic E-state index is 13.6. The number of rotatable bonds is 6. The standard InChI is InChI=1S/C26H36N6O6/c1-32-21(25(37)30-7-6-27)11-17-9-15(3-5-23(17)35)14-2-4-22(34)16(8-14)10-19(29)24(36)31-20(26(32)38)12-18(33)13-28/h2-5,8-9,18-21,33-35H,6-7,10-13,27-29H2,1H3,(H,30,37)(H,31,36)/t18-,19+,20-,21-/m0/s1. The summed E-state index contributed by atoms with van der Waals surface area (Å²) in [6.45, 7) is 0.192. The number of phenolic OH excluding ortho intramolecular Hbond substituents is 2. The smallest absolute Gasteiger partial charge is 0.245 e. The van der Waals surface area contributed by atoms with Crippen molar-refractivity contribution in [2.75, 3.05) is 26.7 Å². The molecule has 2 aromatic carbocycles. The van der Waals surface area contributed by atoms with Crippen LogP contribution in [0.1, 0.15) is 17.5 Å². The number of aliphatic hydroxyl groups is 1. The van der Waals surface area contributed by atoms with Crippen molar-refractivity contribution in [3.8, 4) is 22.6 Å². The molecule has 0 saturated carbocycles. The number of phenols is 2. The highest BCUT2D eigenvalue weighted by Gasteiger charge is 2.34. The van der Waals surface area contributed by atoms with Gasteiger partial charge in [-0.25, -0.2) is 0 Å². The lowest BCUT2D eigenvalue weighted by Gasteiger charge is -2.32. The van der Waals surface area contributed by atoms with E-state index in [4.69, 9.17) is 17.2 Å². The van der Waals surface area contributed by atoms with E-state index in [9.17, 15) is 29.7 Å². The summed E-state index contributed by atoms with van der Waals surface area (Å²) in [7, 11) is 1.41. The number of carbonyl (C=O) groups is 3. The van der Waals surface area contributed by atoms with E-state index in [1.54, 1.807) is 24.3 Å². The molecule has 1 heterocycles. The maximum Gasteiger partial charge on any atom is 0.245 e. The molecule has 4 bridgehead atoms. The molecule has 0 fully saturated rings. The molecule has 0 radical (unpaired) electrons. The third-order valence-electron chi connectivity index (χ3n) is 6.64. The fourth-order valence-corrected chi connectivity index (χ4v) is 4.38. The van der Waals surface area contributed by atoms with Crippen molar-refractivity contribution in [2.45, 2.75) is 43.5 Å². The lowest BCUT2D eigenvalue weighted by atomic mass is 9.95. The minimum absolute atomic E-state index is 0.0310. The first kappa shape index (κ1) is 28.9. The Morgan fingerprint density at radius 2 is 1.66 bits per heavy atom. The maximum atomic E-state index is 13.6. The van der Waals surface area contributed by atoms with E-state index < -0.39 is 42.0 Å². The van der Waals surface area contributed by atoms with Crippen LogP contribution in [0.3, 0.4) is 0 Å². The van der Waals surface area contributed by atoms with E-state index in [-0.39, 0.29) is 50.4 Å². The number of hydrogen-bond donors (Lipinski definition) is 8. The highest BCUT2D eigenvalue weighted by molar-refractivity contribution is 5.93. The largest absolute Gasteiger partial charge is 0.508 e. The van der Waals surface area contributed by atoms with E-state index >= 15 is 0 Å². The first-order valence-corrected chi connectivity index (χ1v) is 12.4. The molecule has 11 N–H and O–H groups in total. The minimum atomic E-state index is -1.24. The molecular weight excluding hydrogens is 492 g/mol. The summed E-state index contributed by atoms with van der Waals surface area (Å²) in [4.78, 5) is 40.9. The number of nitrogens with zero attached hydrogens (tertiary/aromatic N) is 1. The Labute approximate surface area is 220 Å². The molecule has 12 nitrogen and oxygen atoms in total. The molecule has 3 rings (SSSR count). The quantitative estimate of drug-likeness (QED) is 0.214. The molecule has 2 aromatic rings. The summed E-state index contributed by atoms with van der Waals surface area (Å²) in [6, 6.07) is 6.28. The van der Waals surface area contributed by atoms with Crippen LogP contribution in [0.15, 0.2) is 36.4 Å². The van der Waals surface area contributed by atoms with Crippen LogP contribution in [0, 0.1) is 0 Å². The van der Waals surface area contributed by atoms with Crippen molar-refractivity contribution in [3.63, 3.8) is 0 Å². The second-order valence-electron chi connectivity index (χ2n) is 9.43. The Bertz CT molecular complexity index is 1170. The first-order valence-electron chi connectivity index (χ1n) is 12.4. The van der Waals surface area contributed by atoms with Crippen LogP contribution in [-0.4, -0.2) is 88.9 Å². The third kappa shape index (κ3) is 6.78. The zero-order valence-electron chi connectivity index (χ0n) is 21.3. The van der Waals surface area contributed by atoms with Gasteiger partial charge in [0.25, 0.3) is 0 Å². The normalized spacial score (nSPS) is 21.2. The predicted octanol–water partition coefficient (Wildman–Crippen LogP) is -1.71. The molecular formula is C26H36N6O6. The summed E-state index contributed by atoms with van der Waals surface area (Å²) in [5, 5.41) is 36.5. The third-order valence-corrected chi connectivity index (χ3v) is 6.64. The molecule has 206 valence electrons. The molecule has 0 aromatic heterocycles. The van der Waals surface area contributed by atoms with Gasteiger partial charge >= 0.3 is 0 Å². The predicted molar refractivity (Wildman–Crippen MR) is 141 cm³/mol. The second-order valence-corrected chi connectivity index (χ2v) is 9.43. The van der Waals surface area contributed by atoms with Crippen molar-refractivity contribution >= 4 is 17.7 Å². The number of amides is 3. The molecule has 0 aliphatic carbocycles. The molecule has 12 heteroatoms. The Hall–Kier alpha value is -3.71. The van der Waals surface area contributed by atoms with Crippen LogP contribution in [0.4, 0.5) is 0 Å². The van der Waals surface area contributed by atoms with Gasteiger partial charge < -0.3 is 48.1 Å². The molecule has 0 saturated heterocycles. The topological polar surface area (TPSA) is 217 Å². The number of nitrogens with two attached hydrogens (primary N) is 3. The molecule has 0 spiro atoms. The molecule has 1 aliphatic heterocycles. The number of hydrogen-bond acceptors (Lipinski definition) is 9. The van der Waals surface area contributed by atoms with Gasteiger partial charge in [0, 0.05) is 45.9 Å². The fourth-order valence-electron chi connectivity index (χ4n) is 4.38. The number of nitrogens with one attached hydrogen (secondary N) is 2. The number of aromatic hydroxyl groups is 2. The molecule has 4 atom stereocenters. The minimum Gasteiger partial charge on any atom is -0.508 e. The average Bonchev–Trinajstić information content (AvgIpc) is 2.90. The summed E-state index contributed by atoms with van der Waals surface area (Å²) in [5.74, 6) is -1.96. The van der Waals surface area contributed by atoms with Gasteiger partial charge in [-0.15, -0.1) is 0 Å². The van der Waals surface area contributed by atoms with Gasteiger partial charge in [-0.2, -0.15) is 0 Å². The van der Waals surface area contributed by atoms with Gasteiger partial charge in [0.2, 0.25) is 17.7 Å². The van der Waals surface area contributed by atoms with Crippen LogP contribution < -0.4 is 27.8 Å². The number of likely N-dealkylation sites (N-methyl/N-ethyl adjacent to an activating group) is 1. The van der Waals surface area contributed by atoms with Gasteiger partial charge in [-0.3, -0.25) is 14.4 Å². The number of carbonyl (C=O) groups excluding carboxylic acids is 3. The molecule has 38 heavy (non-hydrogen) atoms. The summed E-state index contributed by atoms with van der Waals surface area (Å²) in [5.41, 5.74) is 19.4. The van der Waals surface area contributed by atoms with E-state index in [2.05, 4.69) is 10.6 Å². The first-order chi connectivity index (χ1) is 18.0. The average molecular weight is 529 g/mol. The van der Waals surface area contributed by atoms with E-state index in [1.807, 2.05) is 0 Å². The van der Waals surface area contributed by atoms with Crippen LogP contribution in [0.2, 0.25) is 0 Å². The van der Waals surface area contributed by atoms with Gasteiger partial charge in [0.05, 0.1) is 12.1 Å².